The molecule has 0 saturated heterocycles. The summed E-state index contributed by atoms with van der Waals surface area (Å²) in [6.45, 7) is 0.192. The average Bonchev–Trinajstić information content (AvgIpc) is 2.53. The number of hydrogen-bond donors (Lipinski definition) is 1. The van der Waals surface area contributed by atoms with E-state index in [1.54, 1.807) is 0 Å². The van der Waals surface area contributed by atoms with E-state index >= 15 is 0 Å². The van der Waals surface area contributed by atoms with E-state index in [4.69, 9.17) is 9.47 Å². The number of carbonyl (C=O) groups excluding carboxylic acids is 2. The molecule has 5 nitrogen and oxygen atoms in total. The number of hydrogen-bond acceptors (Lipinski definition) is 4. The molecule has 0 aliphatic carbocycles. The summed E-state index contributed by atoms with van der Waals surface area (Å²) in [5, 5.41) is 2.00. The van der Waals surface area contributed by atoms with Crippen LogP contribution in [0.4, 0.5) is 9.59 Å². The van der Waals surface area contributed by atoms with Gasteiger partial charge in [0.1, 0.15) is 13.2 Å². The molecule has 0 unspecified atom stereocenters. The zero-order valence-corrected chi connectivity index (χ0v) is 11.3. The molecule has 2 rings (SSSR count). The lowest BCUT2D eigenvalue weighted by molar-refractivity contribution is 0.117. The Morgan fingerprint density at radius 1 is 0.714 bits per heavy atom. The monoisotopic (exact) mass is 285 g/mol. The van der Waals surface area contributed by atoms with Crippen LogP contribution in [0.2, 0.25) is 0 Å². The van der Waals surface area contributed by atoms with E-state index in [0.717, 1.165) is 11.1 Å². The van der Waals surface area contributed by atoms with Crippen molar-refractivity contribution in [2.45, 2.75) is 13.2 Å². The topological polar surface area (TPSA) is 64.6 Å². The Labute approximate surface area is 122 Å². The minimum Gasteiger partial charge on any atom is -0.444 e. The third-order valence-electron chi connectivity index (χ3n) is 2.63. The van der Waals surface area contributed by atoms with Crippen LogP contribution in [0.15, 0.2) is 60.7 Å². The molecule has 21 heavy (non-hydrogen) atoms. The van der Waals surface area contributed by atoms with E-state index in [2.05, 4.69) is 0 Å². The average molecular weight is 285 g/mol. The predicted molar refractivity (Wildman–Crippen MR) is 76.4 cm³/mol. The number of ether oxygens (including phenoxy) is 2. The molecular formula is C16H15NO4. The molecule has 0 fully saturated rings. The molecule has 0 bridgehead atoms. The van der Waals surface area contributed by atoms with Gasteiger partial charge in [-0.2, -0.15) is 0 Å². The highest BCUT2D eigenvalue weighted by molar-refractivity contribution is 5.87. The molecule has 5 heteroatoms. The third-order valence-corrected chi connectivity index (χ3v) is 2.63. The van der Waals surface area contributed by atoms with Crippen molar-refractivity contribution < 1.29 is 19.1 Å². The van der Waals surface area contributed by atoms with Gasteiger partial charge in [0.15, 0.2) is 0 Å². The number of rotatable bonds is 4. The molecule has 0 saturated carbocycles. The Bertz CT molecular complexity index is 530. The summed E-state index contributed by atoms with van der Waals surface area (Å²) in [6, 6.07) is 18.4. The Morgan fingerprint density at radius 3 is 1.48 bits per heavy atom. The van der Waals surface area contributed by atoms with Crippen molar-refractivity contribution in [1.29, 1.82) is 0 Å². The van der Waals surface area contributed by atoms with Gasteiger partial charge in [-0.25, -0.2) is 14.9 Å². The van der Waals surface area contributed by atoms with Gasteiger partial charge in [-0.15, -0.1) is 0 Å². The predicted octanol–water partition coefficient (Wildman–Crippen LogP) is 3.25. The maximum atomic E-state index is 11.4. The quantitative estimate of drug-likeness (QED) is 0.936. The second-order valence-electron chi connectivity index (χ2n) is 4.25. The fraction of sp³-hybridized carbons (Fsp3) is 0.125. The molecule has 2 aromatic carbocycles. The maximum Gasteiger partial charge on any atom is 0.416 e. The summed E-state index contributed by atoms with van der Waals surface area (Å²) in [5.41, 5.74) is 1.68. The van der Waals surface area contributed by atoms with Gasteiger partial charge in [0.05, 0.1) is 0 Å². The van der Waals surface area contributed by atoms with Crippen LogP contribution in [0.25, 0.3) is 0 Å². The van der Waals surface area contributed by atoms with Crippen LogP contribution in [0, 0.1) is 0 Å². The van der Waals surface area contributed by atoms with Crippen LogP contribution < -0.4 is 5.32 Å². The van der Waals surface area contributed by atoms with Crippen molar-refractivity contribution >= 4 is 12.2 Å². The summed E-state index contributed by atoms with van der Waals surface area (Å²) >= 11 is 0. The number of imide groups is 1. The summed E-state index contributed by atoms with van der Waals surface area (Å²) in [5.74, 6) is 0. The summed E-state index contributed by atoms with van der Waals surface area (Å²) in [6.07, 6.45) is -1.67. The van der Waals surface area contributed by atoms with Crippen molar-refractivity contribution in [3.05, 3.63) is 71.8 Å². The molecule has 0 aliphatic rings. The second-order valence-corrected chi connectivity index (χ2v) is 4.25. The smallest absolute Gasteiger partial charge is 0.416 e. The Kier molecular flexibility index (Phi) is 5.34. The molecule has 108 valence electrons. The number of nitrogens with one attached hydrogen (secondary N) is 1. The molecule has 0 radical (unpaired) electrons. The van der Waals surface area contributed by atoms with Crippen LogP contribution in [-0.4, -0.2) is 12.2 Å². The number of benzene rings is 2. The van der Waals surface area contributed by atoms with Crippen LogP contribution in [0.1, 0.15) is 11.1 Å². The minimum absolute atomic E-state index is 0.0959. The van der Waals surface area contributed by atoms with Gasteiger partial charge in [-0.05, 0) is 11.1 Å². The first-order valence-corrected chi connectivity index (χ1v) is 6.42. The van der Waals surface area contributed by atoms with Gasteiger partial charge in [-0.1, -0.05) is 60.7 Å². The van der Waals surface area contributed by atoms with Crippen LogP contribution in [0.5, 0.6) is 0 Å². The van der Waals surface area contributed by atoms with Crippen molar-refractivity contribution in [3.63, 3.8) is 0 Å². The zero-order chi connectivity index (χ0) is 14.9. The fourth-order valence-corrected chi connectivity index (χ4v) is 1.60. The molecule has 2 aromatic rings. The third kappa shape index (κ3) is 5.36. The van der Waals surface area contributed by atoms with E-state index in [1.165, 1.54) is 0 Å². The normalized spacial score (nSPS) is 9.71. The Balaban J connectivity index is 1.69. The number of alkyl carbamates (subject to hydrolysis) is 2. The SMILES string of the molecule is O=C(NC(=O)OCc1ccccc1)OCc1ccccc1. The summed E-state index contributed by atoms with van der Waals surface area (Å²) in [4.78, 5) is 22.8. The highest BCUT2D eigenvalue weighted by Gasteiger charge is 2.10. The molecule has 0 spiro atoms. The largest absolute Gasteiger partial charge is 0.444 e. The lowest BCUT2D eigenvalue weighted by Gasteiger charge is -2.07. The molecule has 0 heterocycles. The van der Waals surface area contributed by atoms with Gasteiger partial charge in [-0.3, -0.25) is 0 Å². The van der Waals surface area contributed by atoms with Crippen molar-refractivity contribution in [3.8, 4) is 0 Å². The zero-order valence-electron chi connectivity index (χ0n) is 11.3. The van der Waals surface area contributed by atoms with Gasteiger partial charge in [0.25, 0.3) is 0 Å². The summed E-state index contributed by atoms with van der Waals surface area (Å²) in [7, 11) is 0. The van der Waals surface area contributed by atoms with Crippen LogP contribution >= 0.6 is 0 Å². The molecular weight excluding hydrogens is 270 g/mol. The van der Waals surface area contributed by atoms with E-state index in [-0.39, 0.29) is 13.2 Å². The first kappa shape index (κ1) is 14.6. The van der Waals surface area contributed by atoms with Gasteiger partial charge < -0.3 is 9.47 Å². The first-order chi connectivity index (χ1) is 10.2. The molecule has 1 N–H and O–H groups in total. The lowest BCUT2D eigenvalue weighted by Crippen LogP contribution is -2.31. The minimum atomic E-state index is -0.836. The first-order valence-electron chi connectivity index (χ1n) is 6.42. The van der Waals surface area contributed by atoms with Gasteiger partial charge in [0.2, 0.25) is 0 Å². The molecule has 0 aromatic heterocycles. The van der Waals surface area contributed by atoms with Crippen LogP contribution in [0.3, 0.4) is 0 Å². The van der Waals surface area contributed by atoms with E-state index in [1.807, 2.05) is 66.0 Å². The van der Waals surface area contributed by atoms with Crippen molar-refractivity contribution in [2.75, 3.05) is 0 Å². The van der Waals surface area contributed by atoms with E-state index in [9.17, 15) is 9.59 Å². The van der Waals surface area contributed by atoms with Gasteiger partial charge >= 0.3 is 12.2 Å². The molecule has 0 aliphatic heterocycles. The second kappa shape index (κ2) is 7.69. The highest BCUT2D eigenvalue weighted by atomic mass is 16.6. The van der Waals surface area contributed by atoms with E-state index < -0.39 is 12.2 Å². The highest BCUT2D eigenvalue weighted by Crippen LogP contribution is 2.02. The lowest BCUT2D eigenvalue weighted by atomic mass is 10.2. The number of amides is 2. The molecule has 0 atom stereocenters. The standard InChI is InChI=1S/C16H15NO4/c18-15(20-11-13-7-3-1-4-8-13)17-16(19)21-12-14-9-5-2-6-10-14/h1-10H,11-12H2,(H,17,18,19). The molecule has 2 amide bonds. The Hall–Kier alpha value is -2.82. The van der Waals surface area contributed by atoms with Crippen LogP contribution in [-0.2, 0) is 22.7 Å². The van der Waals surface area contributed by atoms with Crippen molar-refractivity contribution in [1.82, 2.24) is 5.32 Å². The summed E-state index contributed by atoms with van der Waals surface area (Å²) < 4.78 is 9.80. The fourth-order valence-electron chi connectivity index (χ4n) is 1.60. The van der Waals surface area contributed by atoms with E-state index in [0.29, 0.717) is 0 Å². The Morgan fingerprint density at radius 2 is 1.10 bits per heavy atom. The number of carbonyl (C=O) groups is 2. The van der Waals surface area contributed by atoms with Gasteiger partial charge in [0, 0.05) is 0 Å². The van der Waals surface area contributed by atoms with Crippen molar-refractivity contribution in [2.24, 2.45) is 0 Å². The maximum absolute atomic E-state index is 11.4.